The molecule has 0 aromatic rings. The normalized spacial score (nSPS) is 44.8. The highest BCUT2D eigenvalue weighted by Crippen LogP contribution is 2.44. The van der Waals surface area contributed by atoms with E-state index in [1.54, 1.807) is 0 Å². The number of rotatable bonds is 0. The van der Waals surface area contributed by atoms with Crippen LogP contribution in [0.5, 0.6) is 0 Å². The fourth-order valence-corrected chi connectivity index (χ4v) is 2.77. The molecule has 12 heavy (non-hydrogen) atoms. The first-order valence-electron chi connectivity index (χ1n) is 5.13. The summed E-state index contributed by atoms with van der Waals surface area (Å²) in [6.07, 6.45) is 9.09. The highest BCUT2D eigenvalue weighted by atomic mass is 16.3. The number of allylic oxidation sites excluding steroid dienone is 1. The molecule has 1 N–H and O–H groups in total. The number of fused-ring (bicyclic) bond motifs is 4. The monoisotopic (exact) mass is 166 g/mol. The summed E-state index contributed by atoms with van der Waals surface area (Å²) in [5, 5.41) is 10.3. The second-order valence-electron chi connectivity index (χ2n) is 4.33. The van der Waals surface area contributed by atoms with Crippen molar-refractivity contribution in [3.8, 4) is 0 Å². The topological polar surface area (TPSA) is 20.2 Å². The van der Waals surface area contributed by atoms with Crippen molar-refractivity contribution in [2.45, 2.75) is 51.0 Å². The molecule has 68 valence electrons. The van der Waals surface area contributed by atoms with Crippen molar-refractivity contribution in [3.63, 3.8) is 0 Å². The van der Waals surface area contributed by atoms with Gasteiger partial charge in [0.15, 0.2) is 0 Å². The molecular formula is C11H18O. The molecule has 1 heteroatoms. The van der Waals surface area contributed by atoms with E-state index in [1.807, 2.05) is 0 Å². The Hall–Kier alpha value is -0.300. The summed E-state index contributed by atoms with van der Waals surface area (Å²) in [4.78, 5) is 0. The Morgan fingerprint density at radius 1 is 1.33 bits per heavy atom. The molecule has 0 aromatic heterocycles. The Bertz CT molecular complexity index is 197. The fraction of sp³-hybridized carbons (Fsp3) is 0.818. The second kappa shape index (κ2) is 2.88. The molecule has 0 heterocycles. The van der Waals surface area contributed by atoms with Gasteiger partial charge in [0.1, 0.15) is 0 Å². The number of aliphatic hydroxyl groups is 1. The molecule has 3 rings (SSSR count). The molecule has 0 radical (unpaired) electrons. The molecule has 0 spiro atoms. The van der Waals surface area contributed by atoms with Gasteiger partial charge in [0, 0.05) is 0 Å². The van der Waals surface area contributed by atoms with Crippen LogP contribution in [-0.2, 0) is 0 Å². The van der Waals surface area contributed by atoms with Crippen LogP contribution in [0.25, 0.3) is 0 Å². The van der Waals surface area contributed by atoms with E-state index in [-0.39, 0.29) is 0 Å². The van der Waals surface area contributed by atoms with Crippen LogP contribution in [0.3, 0.4) is 0 Å². The van der Waals surface area contributed by atoms with Crippen LogP contribution < -0.4 is 0 Å². The molecule has 3 aliphatic carbocycles. The highest BCUT2D eigenvalue weighted by Gasteiger charge is 2.38. The molecular weight excluding hydrogens is 148 g/mol. The minimum atomic E-state index is -0.401. The van der Waals surface area contributed by atoms with Gasteiger partial charge in [-0.15, -0.1) is 0 Å². The standard InChI is InChI=1S/C11H18O/c1-2-10-4-3-9-5-7-11(10,12)8-6-9/h2,9,12H,3-8H2,1H3/b10-2-. The minimum Gasteiger partial charge on any atom is -0.386 e. The molecule has 0 atom stereocenters. The van der Waals surface area contributed by atoms with Crippen LogP contribution in [0.15, 0.2) is 11.6 Å². The third-order valence-electron chi connectivity index (χ3n) is 3.70. The summed E-state index contributed by atoms with van der Waals surface area (Å²) >= 11 is 0. The van der Waals surface area contributed by atoms with Crippen LogP contribution in [0, 0.1) is 5.92 Å². The van der Waals surface area contributed by atoms with Crippen molar-refractivity contribution in [2.24, 2.45) is 5.92 Å². The van der Waals surface area contributed by atoms with E-state index in [0.29, 0.717) is 0 Å². The van der Waals surface area contributed by atoms with Crippen LogP contribution in [-0.4, -0.2) is 10.7 Å². The van der Waals surface area contributed by atoms with E-state index < -0.39 is 5.60 Å². The van der Waals surface area contributed by atoms with Gasteiger partial charge in [0.2, 0.25) is 0 Å². The average Bonchev–Trinajstić information content (AvgIpc) is 2.32. The van der Waals surface area contributed by atoms with Gasteiger partial charge in [0.05, 0.1) is 5.60 Å². The van der Waals surface area contributed by atoms with Gasteiger partial charge in [-0.1, -0.05) is 6.08 Å². The van der Waals surface area contributed by atoms with Crippen LogP contribution in [0.4, 0.5) is 0 Å². The van der Waals surface area contributed by atoms with Gasteiger partial charge in [-0.25, -0.2) is 0 Å². The van der Waals surface area contributed by atoms with Crippen molar-refractivity contribution >= 4 is 0 Å². The predicted octanol–water partition coefficient (Wildman–Crippen LogP) is 2.65. The van der Waals surface area contributed by atoms with Crippen molar-refractivity contribution in [2.75, 3.05) is 0 Å². The van der Waals surface area contributed by atoms with Gasteiger partial charge in [-0.3, -0.25) is 0 Å². The van der Waals surface area contributed by atoms with Crippen LogP contribution in [0.2, 0.25) is 0 Å². The van der Waals surface area contributed by atoms with Gasteiger partial charge < -0.3 is 5.11 Å². The molecule has 0 aromatic carbocycles. The largest absolute Gasteiger partial charge is 0.386 e. The molecule has 0 amide bonds. The van der Waals surface area contributed by atoms with E-state index in [4.69, 9.17) is 0 Å². The Balaban J connectivity index is 2.27. The Labute approximate surface area is 74.5 Å². The van der Waals surface area contributed by atoms with E-state index in [0.717, 1.165) is 25.2 Å². The molecule has 1 nitrogen and oxygen atoms in total. The molecule has 0 saturated heterocycles. The lowest BCUT2D eigenvalue weighted by Crippen LogP contribution is -2.32. The van der Waals surface area contributed by atoms with E-state index >= 15 is 0 Å². The summed E-state index contributed by atoms with van der Waals surface area (Å²) in [7, 11) is 0. The molecule has 3 fully saturated rings. The Morgan fingerprint density at radius 2 is 2.00 bits per heavy atom. The maximum absolute atomic E-state index is 10.3. The first-order chi connectivity index (χ1) is 5.74. The molecule has 2 bridgehead atoms. The smallest absolute Gasteiger partial charge is 0.0856 e. The Kier molecular flexibility index (Phi) is 1.99. The summed E-state index contributed by atoms with van der Waals surface area (Å²) in [5.41, 5.74) is 0.907. The third-order valence-corrected chi connectivity index (χ3v) is 3.70. The maximum Gasteiger partial charge on any atom is 0.0856 e. The lowest BCUT2D eigenvalue weighted by molar-refractivity contribution is 0.0343. The third kappa shape index (κ3) is 1.20. The van der Waals surface area contributed by atoms with Crippen molar-refractivity contribution in [3.05, 3.63) is 11.6 Å². The van der Waals surface area contributed by atoms with E-state index in [9.17, 15) is 5.11 Å². The van der Waals surface area contributed by atoms with Gasteiger partial charge in [-0.2, -0.15) is 0 Å². The van der Waals surface area contributed by atoms with E-state index in [2.05, 4.69) is 13.0 Å². The van der Waals surface area contributed by atoms with Gasteiger partial charge in [0.25, 0.3) is 0 Å². The maximum atomic E-state index is 10.3. The van der Waals surface area contributed by atoms with Crippen molar-refractivity contribution in [1.82, 2.24) is 0 Å². The van der Waals surface area contributed by atoms with Gasteiger partial charge in [-0.05, 0) is 56.9 Å². The van der Waals surface area contributed by atoms with Crippen LogP contribution in [0.1, 0.15) is 45.4 Å². The molecule has 0 unspecified atom stereocenters. The van der Waals surface area contributed by atoms with Crippen molar-refractivity contribution in [1.29, 1.82) is 0 Å². The zero-order valence-corrected chi connectivity index (χ0v) is 7.84. The lowest BCUT2D eigenvalue weighted by Gasteiger charge is -2.33. The first kappa shape index (κ1) is 8.31. The zero-order chi connectivity index (χ0) is 8.60. The highest BCUT2D eigenvalue weighted by molar-refractivity contribution is 5.19. The van der Waals surface area contributed by atoms with E-state index in [1.165, 1.54) is 24.8 Å². The first-order valence-corrected chi connectivity index (χ1v) is 5.13. The lowest BCUT2D eigenvalue weighted by atomic mass is 9.79. The Morgan fingerprint density at radius 3 is 2.58 bits per heavy atom. The predicted molar refractivity (Wildman–Crippen MR) is 49.9 cm³/mol. The van der Waals surface area contributed by atoms with Crippen LogP contribution >= 0.6 is 0 Å². The molecule has 3 saturated carbocycles. The minimum absolute atomic E-state index is 0.401. The summed E-state index contributed by atoms with van der Waals surface area (Å²) < 4.78 is 0. The second-order valence-corrected chi connectivity index (χ2v) is 4.33. The molecule has 3 aliphatic rings. The summed E-state index contributed by atoms with van der Waals surface area (Å²) in [6.45, 7) is 2.06. The average molecular weight is 166 g/mol. The number of hydrogen-bond donors (Lipinski definition) is 1. The zero-order valence-electron chi connectivity index (χ0n) is 7.84. The summed E-state index contributed by atoms with van der Waals surface area (Å²) in [5.74, 6) is 0.905. The van der Waals surface area contributed by atoms with Gasteiger partial charge >= 0.3 is 0 Å². The SMILES string of the molecule is C/C=C1/CCC2CCC1(O)CC2. The van der Waals surface area contributed by atoms with Crippen molar-refractivity contribution < 1.29 is 5.11 Å². The fourth-order valence-electron chi connectivity index (χ4n) is 2.77. The summed E-state index contributed by atoms with van der Waals surface area (Å²) in [6, 6.07) is 0. The number of hydrogen-bond acceptors (Lipinski definition) is 1. The molecule has 0 aliphatic heterocycles. The quantitative estimate of drug-likeness (QED) is 0.548.